The van der Waals surface area contributed by atoms with Gasteiger partial charge in [0.05, 0.1) is 22.3 Å². The van der Waals surface area contributed by atoms with Crippen LogP contribution in [0.1, 0.15) is 6.42 Å². The van der Waals surface area contributed by atoms with Crippen molar-refractivity contribution in [3.8, 4) is 0 Å². The fourth-order valence-electron chi connectivity index (χ4n) is 2.56. The van der Waals surface area contributed by atoms with E-state index >= 15 is 0 Å². The van der Waals surface area contributed by atoms with Crippen molar-refractivity contribution in [2.75, 3.05) is 17.7 Å². The van der Waals surface area contributed by atoms with Crippen LogP contribution in [-0.2, 0) is 11.3 Å². The third-order valence-corrected chi connectivity index (χ3v) is 5.76. The molecule has 0 atom stereocenters. The van der Waals surface area contributed by atoms with Gasteiger partial charge in [-0.25, -0.2) is 4.98 Å². The van der Waals surface area contributed by atoms with Crippen LogP contribution in [0.4, 0.5) is 5.69 Å². The number of aliphatic hydroxyl groups is 1. The molecule has 0 aliphatic heterocycles. The van der Waals surface area contributed by atoms with Gasteiger partial charge >= 0.3 is 0 Å². The molecule has 0 spiro atoms. The van der Waals surface area contributed by atoms with Crippen molar-refractivity contribution in [3.05, 3.63) is 62.5 Å². The number of aliphatic hydroxyl groups excluding tert-OH is 1. The average molecular weight is 495 g/mol. The topological polar surface area (TPSA) is 84.2 Å². The number of rotatable bonds is 7. The number of hydrogen-bond acceptors (Lipinski definition) is 5. The maximum absolute atomic E-state index is 12.8. The number of benzene rings is 2. The van der Waals surface area contributed by atoms with Crippen LogP contribution in [0.2, 0.25) is 0 Å². The van der Waals surface area contributed by atoms with Crippen molar-refractivity contribution >= 4 is 56.9 Å². The molecule has 0 aliphatic rings. The van der Waals surface area contributed by atoms with Gasteiger partial charge in [-0.1, -0.05) is 36.0 Å². The Labute approximate surface area is 174 Å². The SMILES string of the molecule is O=C(CSc1nc2ccccc2c(=O)n1CCCO)Nc1ccccc1I. The number of anilines is 1. The Hall–Kier alpha value is -1.91. The Bertz CT molecular complexity index is 1020. The van der Waals surface area contributed by atoms with Crippen LogP contribution < -0.4 is 10.9 Å². The number of fused-ring (bicyclic) bond motifs is 1. The highest BCUT2D eigenvalue weighted by Gasteiger charge is 2.13. The molecule has 0 fully saturated rings. The van der Waals surface area contributed by atoms with Crippen molar-refractivity contribution in [1.82, 2.24) is 9.55 Å². The van der Waals surface area contributed by atoms with Gasteiger partial charge in [-0.3, -0.25) is 14.2 Å². The number of halogens is 1. The summed E-state index contributed by atoms with van der Waals surface area (Å²) in [6, 6.07) is 14.7. The molecule has 27 heavy (non-hydrogen) atoms. The Morgan fingerprint density at radius 2 is 1.93 bits per heavy atom. The van der Waals surface area contributed by atoms with E-state index in [1.807, 2.05) is 30.3 Å². The van der Waals surface area contributed by atoms with Gasteiger partial charge in [-0.2, -0.15) is 0 Å². The summed E-state index contributed by atoms with van der Waals surface area (Å²) in [6.07, 6.45) is 0.446. The van der Waals surface area contributed by atoms with Crippen molar-refractivity contribution in [1.29, 1.82) is 0 Å². The second kappa shape index (κ2) is 9.34. The van der Waals surface area contributed by atoms with Gasteiger partial charge in [0.15, 0.2) is 5.16 Å². The lowest BCUT2D eigenvalue weighted by atomic mass is 10.2. The Kier molecular flexibility index (Phi) is 6.86. The molecule has 6 nitrogen and oxygen atoms in total. The molecule has 0 aliphatic carbocycles. The van der Waals surface area contributed by atoms with Crippen molar-refractivity contribution in [3.63, 3.8) is 0 Å². The molecule has 8 heteroatoms. The highest BCUT2D eigenvalue weighted by Crippen LogP contribution is 2.20. The molecule has 0 unspecified atom stereocenters. The number of nitrogens with zero attached hydrogens (tertiary/aromatic N) is 2. The zero-order valence-corrected chi connectivity index (χ0v) is 17.4. The van der Waals surface area contributed by atoms with Gasteiger partial charge < -0.3 is 10.4 Å². The minimum absolute atomic E-state index is 0.0176. The van der Waals surface area contributed by atoms with E-state index in [1.54, 1.807) is 18.2 Å². The lowest BCUT2D eigenvalue weighted by Gasteiger charge is -2.13. The monoisotopic (exact) mass is 495 g/mol. The molecule has 0 saturated carbocycles. The van der Waals surface area contributed by atoms with Gasteiger partial charge in [-0.15, -0.1) is 0 Å². The zero-order valence-electron chi connectivity index (χ0n) is 14.4. The Morgan fingerprint density at radius 1 is 1.19 bits per heavy atom. The molecule has 0 bridgehead atoms. The second-order valence-electron chi connectivity index (χ2n) is 5.76. The molecule has 1 aromatic heterocycles. The minimum Gasteiger partial charge on any atom is -0.396 e. The molecular weight excluding hydrogens is 477 g/mol. The normalized spacial score (nSPS) is 10.9. The lowest BCUT2D eigenvalue weighted by Crippen LogP contribution is -2.25. The number of carbonyl (C=O) groups excluding carboxylic acids is 1. The van der Waals surface area contributed by atoms with Gasteiger partial charge in [0.1, 0.15) is 0 Å². The first-order chi connectivity index (χ1) is 13.1. The third kappa shape index (κ3) is 4.88. The smallest absolute Gasteiger partial charge is 0.262 e. The molecule has 2 N–H and O–H groups in total. The molecule has 3 rings (SSSR count). The summed E-state index contributed by atoms with van der Waals surface area (Å²) in [7, 11) is 0. The van der Waals surface area contributed by atoms with E-state index in [4.69, 9.17) is 5.11 Å². The molecule has 1 amide bonds. The van der Waals surface area contributed by atoms with E-state index in [0.29, 0.717) is 29.0 Å². The number of hydrogen-bond donors (Lipinski definition) is 2. The number of carbonyl (C=O) groups is 1. The summed E-state index contributed by atoms with van der Waals surface area (Å²) in [6.45, 7) is 0.337. The Balaban J connectivity index is 1.81. The van der Waals surface area contributed by atoms with Gasteiger partial charge in [0, 0.05) is 16.7 Å². The van der Waals surface area contributed by atoms with E-state index in [2.05, 4.69) is 32.9 Å². The van der Waals surface area contributed by atoms with Crippen LogP contribution >= 0.6 is 34.4 Å². The lowest BCUT2D eigenvalue weighted by molar-refractivity contribution is -0.113. The number of aromatic nitrogens is 2. The van der Waals surface area contributed by atoms with E-state index in [1.165, 1.54) is 16.3 Å². The number of amides is 1. The summed E-state index contributed by atoms with van der Waals surface area (Å²) in [5, 5.41) is 13.0. The van der Waals surface area contributed by atoms with E-state index in [9.17, 15) is 9.59 Å². The van der Waals surface area contributed by atoms with Crippen LogP contribution in [0, 0.1) is 3.57 Å². The fraction of sp³-hybridized carbons (Fsp3) is 0.211. The molecule has 3 aromatic rings. The van der Waals surface area contributed by atoms with Gasteiger partial charge in [0.25, 0.3) is 5.56 Å². The maximum atomic E-state index is 12.8. The van der Waals surface area contributed by atoms with Crippen molar-refractivity contribution in [2.45, 2.75) is 18.1 Å². The number of para-hydroxylation sites is 2. The first-order valence-corrected chi connectivity index (χ1v) is 10.4. The fourth-order valence-corrected chi connectivity index (χ4v) is 3.91. The van der Waals surface area contributed by atoms with E-state index in [-0.39, 0.29) is 23.8 Å². The van der Waals surface area contributed by atoms with Crippen LogP contribution in [0.25, 0.3) is 10.9 Å². The van der Waals surface area contributed by atoms with Gasteiger partial charge in [-0.05, 0) is 53.3 Å². The summed E-state index contributed by atoms with van der Waals surface area (Å²) in [5.41, 5.74) is 1.20. The molecule has 2 aromatic carbocycles. The second-order valence-corrected chi connectivity index (χ2v) is 7.87. The highest BCUT2D eigenvalue weighted by molar-refractivity contribution is 14.1. The molecular formula is C19H18IN3O3S. The number of nitrogens with one attached hydrogen (secondary N) is 1. The first kappa shape index (κ1) is 19.8. The Morgan fingerprint density at radius 3 is 2.70 bits per heavy atom. The molecule has 0 radical (unpaired) electrons. The van der Waals surface area contributed by atoms with Crippen molar-refractivity contribution < 1.29 is 9.90 Å². The predicted molar refractivity (Wildman–Crippen MR) is 116 cm³/mol. The van der Waals surface area contributed by atoms with E-state index < -0.39 is 0 Å². The van der Waals surface area contributed by atoms with Crippen LogP contribution in [0.3, 0.4) is 0 Å². The molecule has 0 saturated heterocycles. The average Bonchev–Trinajstić information content (AvgIpc) is 2.68. The summed E-state index contributed by atoms with van der Waals surface area (Å²) >= 11 is 3.38. The quantitative estimate of drug-likeness (QED) is 0.299. The minimum atomic E-state index is -0.166. The predicted octanol–water partition coefficient (Wildman–Crippen LogP) is 3.11. The van der Waals surface area contributed by atoms with Gasteiger partial charge in [0.2, 0.25) is 5.91 Å². The first-order valence-electron chi connectivity index (χ1n) is 8.38. The maximum Gasteiger partial charge on any atom is 0.262 e. The standard InChI is InChI=1S/C19H18IN3O3S/c20-14-7-2-4-9-16(14)21-17(25)12-27-19-22-15-8-3-1-6-13(15)18(26)23(19)10-5-11-24/h1-4,6-9,24H,5,10-12H2,(H,21,25). The molecule has 140 valence electrons. The number of thioether (sulfide) groups is 1. The van der Waals surface area contributed by atoms with E-state index in [0.717, 1.165) is 9.26 Å². The summed E-state index contributed by atoms with van der Waals surface area (Å²) < 4.78 is 2.49. The highest BCUT2D eigenvalue weighted by atomic mass is 127. The van der Waals surface area contributed by atoms with Crippen LogP contribution in [0.5, 0.6) is 0 Å². The summed E-state index contributed by atoms with van der Waals surface area (Å²) in [5.74, 6) is -0.0326. The third-order valence-electron chi connectivity index (χ3n) is 3.85. The van der Waals surface area contributed by atoms with Crippen LogP contribution in [-0.4, -0.2) is 32.9 Å². The summed E-state index contributed by atoms with van der Waals surface area (Å²) in [4.78, 5) is 29.6. The zero-order chi connectivity index (χ0) is 19.2. The molecule has 1 heterocycles. The largest absolute Gasteiger partial charge is 0.396 e. The van der Waals surface area contributed by atoms with Crippen LogP contribution in [0.15, 0.2) is 58.5 Å². The van der Waals surface area contributed by atoms with Crippen molar-refractivity contribution in [2.24, 2.45) is 0 Å².